The monoisotopic (exact) mass is 382 g/mol. The van der Waals surface area contributed by atoms with Gasteiger partial charge in [-0.25, -0.2) is 0 Å². The molecule has 0 aromatic heterocycles. The van der Waals surface area contributed by atoms with Gasteiger partial charge in [0.1, 0.15) is 0 Å². The van der Waals surface area contributed by atoms with E-state index in [2.05, 4.69) is 20.8 Å². The van der Waals surface area contributed by atoms with Gasteiger partial charge in [0, 0.05) is 6.42 Å². The van der Waals surface area contributed by atoms with Crippen LogP contribution in [0.1, 0.15) is 143 Å². The summed E-state index contributed by atoms with van der Waals surface area (Å²) >= 11 is 0. The number of rotatable bonds is 21. The molecule has 0 aromatic carbocycles. The smallest absolute Gasteiger partial charge is 0.305 e. The molecule has 0 saturated heterocycles. The lowest BCUT2D eigenvalue weighted by molar-refractivity contribution is -0.143. The van der Waals surface area contributed by atoms with Gasteiger partial charge in [-0.1, -0.05) is 124 Å². The number of ether oxygens (including phenoxy) is 1. The molecule has 0 atom stereocenters. The van der Waals surface area contributed by atoms with Gasteiger partial charge in [0.25, 0.3) is 0 Å². The minimum atomic E-state index is -0.0111. The molecule has 162 valence electrons. The Morgan fingerprint density at radius 1 is 0.630 bits per heavy atom. The molecule has 0 unspecified atom stereocenters. The van der Waals surface area contributed by atoms with Crippen LogP contribution in [-0.2, 0) is 9.53 Å². The molecule has 0 saturated carbocycles. The van der Waals surface area contributed by atoms with Crippen molar-refractivity contribution in [1.29, 1.82) is 0 Å². The summed E-state index contributed by atoms with van der Waals surface area (Å²) in [4.78, 5) is 11.4. The Hall–Kier alpha value is -0.530. The highest BCUT2D eigenvalue weighted by atomic mass is 16.5. The summed E-state index contributed by atoms with van der Waals surface area (Å²) in [5.74, 6) is 0.869. The Kier molecular flexibility index (Phi) is 21.3. The summed E-state index contributed by atoms with van der Waals surface area (Å²) < 4.78 is 5.23. The van der Waals surface area contributed by atoms with E-state index in [0.717, 1.165) is 25.2 Å². The van der Waals surface area contributed by atoms with Crippen LogP contribution in [0.25, 0.3) is 0 Å². The van der Waals surface area contributed by atoms with Crippen LogP contribution in [0.3, 0.4) is 0 Å². The molecule has 2 nitrogen and oxygen atoms in total. The summed E-state index contributed by atoms with van der Waals surface area (Å²) in [5, 5.41) is 0. The van der Waals surface area contributed by atoms with Crippen molar-refractivity contribution in [3.8, 4) is 0 Å². The van der Waals surface area contributed by atoms with Crippen LogP contribution in [0.2, 0.25) is 0 Å². The maximum Gasteiger partial charge on any atom is 0.305 e. The first kappa shape index (κ1) is 26.5. The van der Waals surface area contributed by atoms with Gasteiger partial charge < -0.3 is 4.74 Å². The van der Waals surface area contributed by atoms with Crippen LogP contribution < -0.4 is 0 Å². The molecular formula is C25H50O2. The van der Waals surface area contributed by atoms with Crippen molar-refractivity contribution in [2.75, 3.05) is 6.61 Å². The molecule has 0 bridgehead atoms. The Morgan fingerprint density at radius 3 is 1.44 bits per heavy atom. The highest BCUT2D eigenvalue weighted by molar-refractivity contribution is 5.69. The Morgan fingerprint density at radius 2 is 1.04 bits per heavy atom. The summed E-state index contributed by atoms with van der Waals surface area (Å²) in [6.07, 6.45) is 24.7. The molecule has 0 spiro atoms. The number of carbonyl (C=O) groups is 1. The topological polar surface area (TPSA) is 26.3 Å². The molecule has 0 radical (unpaired) electrons. The maximum absolute atomic E-state index is 11.4. The number of carbonyl (C=O) groups excluding carboxylic acids is 1. The molecule has 0 aliphatic carbocycles. The summed E-state index contributed by atoms with van der Waals surface area (Å²) in [5.41, 5.74) is 0. The van der Waals surface area contributed by atoms with Gasteiger partial charge in [0.15, 0.2) is 0 Å². The van der Waals surface area contributed by atoms with E-state index in [1.165, 1.54) is 96.3 Å². The molecule has 2 heteroatoms. The second-order valence-electron chi connectivity index (χ2n) is 8.81. The first-order valence-corrected chi connectivity index (χ1v) is 12.3. The van der Waals surface area contributed by atoms with Gasteiger partial charge in [0.05, 0.1) is 6.61 Å². The quantitative estimate of drug-likeness (QED) is 0.147. The predicted molar refractivity (Wildman–Crippen MR) is 119 cm³/mol. The third kappa shape index (κ3) is 23.4. The van der Waals surface area contributed by atoms with E-state index >= 15 is 0 Å². The number of hydrogen-bond donors (Lipinski definition) is 0. The largest absolute Gasteiger partial charge is 0.466 e. The zero-order chi connectivity index (χ0) is 20.0. The Balaban J connectivity index is 3.06. The van der Waals surface area contributed by atoms with Crippen LogP contribution in [0.4, 0.5) is 0 Å². The van der Waals surface area contributed by atoms with Crippen molar-refractivity contribution >= 4 is 5.97 Å². The third-order valence-corrected chi connectivity index (χ3v) is 5.42. The molecule has 0 heterocycles. The summed E-state index contributed by atoms with van der Waals surface area (Å²) in [6.45, 7) is 7.38. The molecule has 0 aromatic rings. The number of unbranched alkanes of at least 4 members (excludes halogenated alkanes) is 15. The van der Waals surface area contributed by atoms with Crippen LogP contribution in [-0.4, -0.2) is 12.6 Å². The third-order valence-electron chi connectivity index (χ3n) is 5.42. The lowest BCUT2D eigenvalue weighted by Gasteiger charge is -2.05. The van der Waals surface area contributed by atoms with Crippen LogP contribution in [0.15, 0.2) is 0 Å². The first-order valence-electron chi connectivity index (χ1n) is 12.3. The van der Waals surface area contributed by atoms with Crippen molar-refractivity contribution in [2.45, 2.75) is 143 Å². The highest BCUT2D eigenvalue weighted by Gasteiger charge is 2.01. The molecule has 0 fully saturated rings. The molecular weight excluding hydrogens is 332 g/mol. The van der Waals surface area contributed by atoms with Gasteiger partial charge in [-0.3, -0.25) is 4.79 Å². The minimum Gasteiger partial charge on any atom is -0.466 e. The van der Waals surface area contributed by atoms with E-state index in [-0.39, 0.29) is 5.97 Å². The lowest BCUT2D eigenvalue weighted by Crippen LogP contribution is -2.05. The first-order chi connectivity index (χ1) is 13.2. The SMILES string of the molecule is CCCCC(=O)OCCCCCCCCCCCCCCCCCC(C)C. The minimum absolute atomic E-state index is 0.0111. The maximum atomic E-state index is 11.4. The summed E-state index contributed by atoms with van der Waals surface area (Å²) in [7, 11) is 0. The van der Waals surface area contributed by atoms with E-state index in [1.54, 1.807) is 0 Å². The zero-order valence-corrected chi connectivity index (χ0v) is 19.0. The van der Waals surface area contributed by atoms with E-state index in [1.807, 2.05) is 0 Å². The average Bonchev–Trinajstić information content (AvgIpc) is 2.65. The van der Waals surface area contributed by atoms with Gasteiger partial charge >= 0.3 is 5.97 Å². The molecule has 0 aliphatic rings. The van der Waals surface area contributed by atoms with E-state index in [0.29, 0.717) is 13.0 Å². The molecule has 0 amide bonds. The van der Waals surface area contributed by atoms with Crippen LogP contribution in [0.5, 0.6) is 0 Å². The van der Waals surface area contributed by atoms with Gasteiger partial charge in [-0.15, -0.1) is 0 Å². The second kappa shape index (κ2) is 21.8. The predicted octanol–water partition coefficient (Wildman–Crippen LogP) is 8.62. The summed E-state index contributed by atoms with van der Waals surface area (Å²) in [6, 6.07) is 0. The van der Waals surface area contributed by atoms with Gasteiger partial charge in [-0.2, -0.15) is 0 Å². The van der Waals surface area contributed by atoms with Gasteiger partial charge in [0.2, 0.25) is 0 Å². The fourth-order valence-corrected chi connectivity index (χ4v) is 3.53. The molecule has 27 heavy (non-hydrogen) atoms. The van der Waals surface area contributed by atoms with Crippen molar-refractivity contribution in [3.63, 3.8) is 0 Å². The van der Waals surface area contributed by atoms with Crippen molar-refractivity contribution in [1.82, 2.24) is 0 Å². The molecule has 0 N–H and O–H groups in total. The normalized spacial score (nSPS) is 11.3. The Bertz CT molecular complexity index is 299. The Labute approximate surface area is 171 Å². The number of esters is 1. The lowest BCUT2D eigenvalue weighted by atomic mass is 10.0. The van der Waals surface area contributed by atoms with Crippen molar-refractivity contribution < 1.29 is 9.53 Å². The van der Waals surface area contributed by atoms with E-state index in [9.17, 15) is 4.79 Å². The van der Waals surface area contributed by atoms with Gasteiger partial charge in [-0.05, 0) is 18.8 Å². The zero-order valence-electron chi connectivity index (χ0n) is 19.0. The van der Waals surface area contributed by atoms with E-state index < -0.39 is 0 Å². The fourth-order valence-electron chi connectivity index (χ4n) is 3.53. The second-order valence-corrected chi connectivity index (χ2v) is 8.81. The van der Waals surface area contributed by atoms with E-state index in [4.69, 9.17) is 4.74 Å². The number of hydrogen-bond acceptors (Lipinski definition) is 2. The standard InChI is InChI=1S/C25H50O2/c1-4-5-22-25(26)27-23-20-18-16-14-12-10-8-6-7-9-11-13-15-17-19-21-24(2)3/h24H,4-23H2,1-3H3. The van der Waals surface area contributed by atoms with Crippen molar-refractivity contribution in [2.24, 2.45) is 5.92 Å². The average molecular weight is 383 g/mol. The van der Waals surface area contributed by atoms with Crippen LogP contribution in [0, 0.1) is 5.92 Å². The van der Waals surface area contributed by atoms with Crippen molar-refractivity contribution in [3.05, 3.63) is 0 Å². The highest BCUT2D eigenvalue weighted by Crippen LogP contribution is 2.14. The fraction of sp³-hybridized carbons (Fsp3) is 0.960. The molecule has 0 aliphatic heterocycles. The molecule has 0 rings (SSSR count). The van der Waals surface area contributed by atoms with Crippen LogP contribution >= 0.6 is 0 Å².